The Morgan fingerprint density at radius 1 is 1.39 bits per heavy atom. The molecule has 18 heavy (non-hydrogen) atoms. The Hall–Kier alpha value is -0.780. The highest BCUT2D eigenvalue weighted by Gasteiger charge is 2.31. The van der Waals surface area contributed by atoms with Crippen LogP contribution in [0, 0.1) is 5.92 Å². The van der Waals surface area contributed by atoms with Gasteiger partial charge in [0, 0.05) is 6.04 Å². The standard InChI is InChI=1S/C11H11Cl2NO3S/c12-8-4-7(9(13)18-8)10(15)14-6-2-1-5(3-6)11(16)17/h4-6H,1-3H2,(H,14,15)(H,16,17). The fourth-order valence-corrected chi connectivity index (χ4v) is 3.55. The first-order valence-electron chi connectivity index (χ1n) is 5.46. The third-order valence-electron chi connectivity index (χ3n) is 3.02. The highest BCUT2D eigenvalue weighted by molar-refractivity contribution is 7.20. The fourth-order valence-electron chi connectivity index (χ4n) is 2.10. The minimum absolute atomic E-state index is 0.103. The van der Waals surface area contributed by atoms with Gasteiger partial charge in [-0.05, 0) is 25.3 Å². The molecule has 4 nitrogen and oxygen atoms in total. The number of amides is 1. The lowest BCUT2D eigenvalue weighted by Crippen LogP contribution is -2.33. The van der Waals surface area contributed by atoms with Crippen LogP contribution in [-0.2, 0) is 4.79 Å². The minimum atomic E-state index is -0.802. The first kappa shape index (κ1) is 13.6. The molecule has 0 aromatic carbocycles. The van der Waals surface area contributed by atoms with Crippen molar-refractivity contribution in [1.82, 2.24) is 5.32 Å². The average Bonchev–Trinajstić information content (AvgIpc) is 2.85. The maximum absolute atomic E-state index is 11.9. The van der Waals surface area contributed by atoms with Crippen molar-refractivity contribution in [2.45, 2.75) is 25.3 Å². The van der Waals surface area contributed by atoms with Gasteiger partial charge in [-0.1, -0.05) is 23.2 Å². The third kappa shape index (κ3) is 2.96. The van der Waals surface area contributed by atoms with Crippen molar-refractivity contribution in [3.05, 3.63) is 20.3 Å². The van der Waals surface area contributed by atoms with Crippen LogP contribution in [0.5, 0.6) is 0 Å². The molecule has 1 saturated carbocycles. The van der Waals surface area contributed by atoms with Crippen LogP contribution in [0.4, 0.5) is 0 Å². The lowest BCUT2D eigenvalue weighted by molar-refractivity contribution is -0.141. The number of carbonyl (C=O) groups is 2. The van der Waals surface area contributed by atoms with Crippen LogP contribution in [-0.4, -0.2) is 23.0 Å². The smallest absolute Gasteiger partial charge is 0.306 e. The highest BCUT2D eigenvalue weighted by atomic mass is 35.5. The number of thiophene rings is 1. The average molecular weight is 308 g/mol. The van der Waals surface area contributed by atoms with Crippen molar-refractivity contribution in [3.8, 4) is 0 Å². The van der Waals surface area contributed by atoms with E-state index in [0.717, 1.165) is 11.3 Å². The zero-order valence-electron chi connectivity index (χ0n) is 9.28. The molecule has 0 radical (unpaired) electrons. The molecule has 2 unspecified atom stereocenters. The number of carbonyl (C=O) groups excluding carboxylic acids is 1. The summed E-state index contributed by atoms with van der Waals surface area (Å²) in [5, 5.41) is 11.7. The van der Waals surface area contributed by atoms with E-state index in [1.165, 1.54) is 6.07 Å². The number of halogens is 2. The van der Waals surface area contributed by atoms with Crippen LogP contribution in [0.15, 0.2) is 6.07 Å². The van der Waals surface area contributed by atoms with E-state index in [0.29, 0.717) is 33.5 Å². The molecule has 1 amide bonds. The van der Waals surface area contributed by atoms with E-state index < -0.39 is 5.97 Å². The maximum Gasteiger partial charge on any atom is 0.306 e. The Balaban J connectivity index is 1.97. The van der Waals surface area contributed by atoms with E-state index >= 15 is 0 Å². The Labute approximate surface area is 118 Å². The molecule has 1 aliphatic rings. The molecule has 0 saturated heterocycles. The van der Waals surface area contributed by atoms with E-state index in [1.807, 2.05) is 0 Å². The molecule has 0 aliphatic heterocycles. The zero-order valence-corrected chi connectivity index (χ0v) is 11.6. The molecule has 0 bridgehead atoms. The second-order valence-electron chi connectivity index (χ2n) is 4.26. The van der Waals surface area contributed by atoms with Crippen molar-refractivity contribution in [3.63, 3.8) is 0 Å². The minimum Gasteiger partial charge on any atom is -0.481 e. The van der Waals surface area contributed by atoms with Crippen molar-refractivity contribution < 1.29 is 14.7 Å². The van der Waals surface area contributed by atoms with E-state index in [1.54, 1.807) is 0 Å². The number of nitrogens with one attached hydrogen (secondary N) is 1. The van der Waals surface area contributed by atoms with Gasteiger partial charge >= 0.3 is 5.97 Å². The maximum atomic E-state index is 11.9. The molecular weight excluding hydrogens is 297 g/mol. The van der Waals surface area contributed by atoms with Crippen molar-refractivity contribution >= 4 is 46.4 Å². The van der Waals surface area contributed by atoms with Gasteiger partial charge in [-0.3, -0.25) is 9.59 Å². The summed E-state index contributed by atoms with van der Waals surface area (Å²) in [6.45, 7) is 0. The summed E-state index contributed by atoms with van der Waals surface area (Å²) in [6, 6.07) is 1.42. The molecule has 1 heterocycles. The number of carboxylic acid groups (broad SMARTS) is 1. The predicted molar refractivity (Wildman–Crippen MR) is 70.6 cm³/mol. The summed E-state index contributed by atoms with van der Waals surface area (Å²) in [6.07, 6.45) is 1.74. The van der Waals surface area contributed by atoms with Gasteiger partial charge in [0.05, 0.1) is 15.8 Å². The molecule has 7 heteroatoms. The number of aliphatic carboxylic acids is 1. The van der Waals surface area contributed by atoms with Crippen LogP contribution in [0.25, 0.3) is 0 Å². The van der Waals surface area contributed by atoms with Gasteiger partial charge in [-0.2, -0.15) is 0 Å². The lowest BCUT2D eigenvalue weighted by Gasteiger charge is -2.11. The van der Waals surface area contributed by atoms with Gasteiger partial charge in [0.25, 0.3) is 5.91 Å². The third-order valence-corrected chi connectivity index (χ3v) is 4.51. The number of carboxylic acids is 1. The van der Waals surface area contributed by atoms with Gasteiger partial charge in [0.2, 0.25) is 0 Å². The highest BCUT2D eigenvalue weighted by Crippen LogP contribution is 2.32. The topological polar surface area (TPSA) is 66.4 Å². The SMILES string of the molecule is O=C(NC1CCC(C(=O)O)C1)c1cc(Cl)sc1Cl. The first-order chi connectivity index (χ1) is 8.47. The van der Waals surface area contributed by atoms with Crippen molar-refractivity contribution in [2.24, 2.45) is 5.92 Å². The molecule has 0 spiro atoms. The summed E-state index contributed by atoms with van der Waals surface area (Å²) in [7, 11) is 0. The summed E-state index contributed by atoms with van der Waals surface area (Å²) in [4.78, 5) is 22.7. The van der Waals surface area contributed by atoms with Gasteiger partial charge in [0.15, 0.2) is 0 Å². The molecule has 1 aromatic rings. The van der Waals surface area contributed by atoms with E-state index in [2.05, 4.69) is 5.32 Å². The van der Waals surface area contributed by atoms with E-state index in [9.17, 15) is 9.59 Å². The fraction of sp³-hybridized carbons (Fsp3) is 0.455. The lowest BCUT2D eigenvalue weighted by atomic mass is 10.1. The van der Waals surface area contributed by atoms with Gasteiger partial charge < -0.3 is 10.4 Å². The molecular formula is C11H11Cl2NO3S. The second kappa shape index (κ2) is 5.47. The Morgan fingerprint density at radius 3 is 2.61 bits per heavy atom. The van der Waals surface area contributed by atoms with Crippen molar-refractivity contribution in [1.29, 1.82) is 0 Å². The first-order valence-corrected chi connectivity index (χ1v) is 7.03. The van der Waals surface area contributed by atoms with Gasteiger partial charge in [-0.25, -0.2) is 0 Å². The largest absolute Gasteiger partial charge is 0.481 e. The second-order valence-corrected chi connectivity index (χ2v) is 6.54. The molecule has 1 aliphatic carbocycles. The van der Waals surface area contributed by atoms with Gasteiger partial charge in [0.1, 0.15) is 4.34 Å². The number of hydrogen-bond donors (Lipinski definition) is 2. The molecule has 98 valence electrons. The van der Waals surface area contributed by atoms with Crippen LogP contribution >= 0.6 is 34.5 Å². The number of hydrogen-bond acceptors (Lipinski definition) is 3. The summed E-state index contributed by atoms with van der Waals surface area (Å²) in [5.41, 5.74) is 0.352. The van der Waals surface area contributed by atoms with E-state index in [-0.39, 0.29) is 17.9 Å². The van der Waals surface area contributed by atoms with Crippen LogP contribution in [0.2, 0.25) is 8.67 Å². The molecule has 2 rings (SSSR count). The Kier molecular flexibility index (Phi) is 4.14. The summed E-state index contributed by atoms with van der Waals surface area (Å²) in [5.74, 6) is -1.46. The van der Waals surface area contributed by atoms with Gasteiger partial charge in [-0.15, -0.1) is 11.3 Å². The molecule has 1 aromatic heterocycles. The molecule has 1 fully saturated rings. The Morgan fingerprint density at radius 2 is 2.11 bits per heavy atom. The zero-order chi connectivity index (χ0) is 13.3. The summed E-state index contributed by atoms with van der Waals surface area (Å²) >= 11 is 12.8. The quantitative estimate of drug-likeness (QED) is 0.902. The molecule has 2 atom stereocenters. The summed E-state index contributed by atoms with van der Waals surface area (Å²) < 4.78 is 0.810. The monoisotopic (exact) mass is 307 g/mol. The van der Waals surface area contributed by atoms with Crippen LogP contribution < -0.4 is 5.32 Å². The van der Waals surface area contributed by atoms with E-state index in [4.69, 9.17) is 28.3 Å². The predicted octanol–water partition coefficient (Wildman–Crippen LogP) is 3.04. The van der Waals surface area contributed by atoms with Crippen LogP contribution in [0.3, 0.4) is 0 Å². The van der Waals surface area contributed by atoms with Crippen molar-refractivity contribution in [2.75, 3.05) is 0 Å². The normalized spacial score (nSPS) is 23.0. The number of rotatable bonds is 3. The Bertz CT molecular complexity index is 489. The van der Waals surface area contributed by atoms with Crippen LogP contribution in [0.1, 0.15) is 29.6 Å². The molecule has 2 N–H and O–H groups in total.